The minimum atomic E-state index is -2.99. The van der Waals surface area contributed by atoms with E-state index in [-0.39, 0.29) is 59.5 Å². The van der Waals surface area contributed by atoms with Crippen molar-refractivity contribution in [1.29, 1.82) is 0 Å². The van der Waals surface area contributed by atoms with Crippen LogP contribution in [0.15, 0.2) is 54.6 Å². The highest BCUT2D eigenvalue weighted by Crippen LogP contribution is 2.32. The van der Waals surface area contributed by atoms with Gasteiger partial charge in [0.25, 0.3) is 0 Å². The molecule has 16 heteroatoms. The third-order valence-electron chi connectivity index (χ3n) is 4.79. The van der Waals surface area contributed by atoms with Gasteiger partial charge in [-0.1, -0.05) is 28.2 Å². The summed E-state index contributed by atoms with van der Waals surface area (Å²) in [5.74, 6) is -1.29. The molecule has 0 spiro atoms. The molecule has 0 amide bonds. The third-order valence-corrected chi connectivity index (χ3v) is 4.79. The van der Waals surface area contributed by atoms with E-state index in [1.807, 2.05) is 0 Å². The van der Waals surface area contributed by atoms with Gasteiger partial charge in [0.15, 0.2) is 34.5 Å². The third kappa shape index (κ3) is 21.5. The van der Waals surface area contributed by atoms with Crippen LogP contribution < -0.4 is 23.7 Å². The minimum absolute atomic E-state index is 0. The average molecular weight is 739 g/mol. The Balaban J connectivity index is 0. The number of hydrogen-bond donors (Lipinski definition) is 2. The molecule has 10 nitrogen and oxygen atoms in total. The highest BCUT2D eigenvalue weighted by atomic mass is 19.3. The first-order chi connectivity index (χ1) is 23.3. The predicted molar refractivity (Wildman–Crippen MR) is 177 cm³/mol. The maximum absolute atomic E-state index is 12.1. The van der Waals surface area contributed by atoms with Gasteiger partial charge in [0.05, 0.1) is 17.8 Å². The lowest BCUT2D eigenvalue weighted by Gasteiger charge is -2.15. The lowest BCUT2D eigenvalue weighted by atomic mass is 10.2. The van der Waals surface area contributed by atoms with Crippen molar-refractivity contribution in [3.63, 3.8) is 0 Å². The van der Waals surface area contributed by atoms with E-state index in [2.05, 4.69) is 35.0 Å². The van der Waals surface area contributed by atoms with Crippen molar-refractivity contribution in [3.05, 3.63) is 71.3 Å². The van der Waals surface area contributed by atoms with Gasteiger partial charge in [-0.2, -0.15) is 26.3 Å². The second-order valence-corrected chi connectivity index (χ2v) is 10.8. The second kappa shape index (κ2) is 24.9. The van der Waals surface area contributed by atoms with Gasteiger partial charge in [0.1, 0.15) is 12.6 Å². The number of phenolic OH excluding ortho intramolecular Hbond substituents is 1. The number of carbonyl (C=O) groups excluding carboxylic acids is 2. The lowest BCUT2D eigenvalue weighted by Crippen LogP contribution is -2.10. The predicted octanol–water partition coefficient (Wildman–Crippen LogP) is 9.77. The van der Waals surface area contributed by atoms with Crippen molar-refractivity contribution in [2.75, 3.05) is 0 Å². The Morgan fingerprint density at radius 3 is 1.27 bits per heavy atom. The number of aromatic carboxylic acids is 1. The van der Waals surface area contributed by atoms with Crippen LogP contribution in [0.1, 0.15) is 87.0 Å². The molecule has 3 aromatic carbocycles. The quantitative estimate of drug-likeness (QED) is 0.129. The zero-order valence-corrected chi connectivity index (χ0v) is 28.2. The van der Waals surface area contributed by atoms with Crippen molar-refractivity contribution >= 4 is 18.5 Å². The zero-order valence-electron chi connectivity index (χ0n) is 28.2. The summed E-state index contributed by atoms with van der Waals surface area (Å²) in [5, 5.41) is 17.8. The number of aromatic hydroxyl groups is 1. The summed E-state index contributed by atoms with van der Waals surface area (Å²) in [5.41, 5.74) is 0.485. The van der Waals surface area contributed by atoms with Crippen LogP contribution in [-0.4, -0.2) is 60.8 Å². The molecule has 0 atom stereocenters. The van der Waals surface area contributed by atoms with E-state index in [1.165, 1.54) is 30.3 Å². The monoisotopic (exact) mass is 738 g/mol. The Morgan fingerprint density at radius 2 is 0.922 bits per heavy atom. The number of benzene rings is 3. The van der Waals surface area contributed by atoms with Crippen molar-refractivity contribution in [1.82, 2.24) is 0 Å². The van der Waals surface area contributed by atoms with Gasteiger partial charge in [0, 0.05) is 11.1 Å². The molecule has 0 saturated heterocycles. The summed E-state index contributed by atoms with van der Waals surface area (Å²) in [7, 11) is 0. The summed E-state index contributed by atoms with van der Waals surface area (Å²) in [6, 6.07) is 10.9. The molecule has 0 aromatic heterocycles. The summed E-state index contributed by atoms with van der Waals surface area (Å²) in [6.45, 7) is 4.49. The molecule has 0 aliphatic carbocycles. The molecule has 0 unspecified atom stereocenters. The first-order valence-corrected chi connectivity index (χ1v) is 14.7. The fourth-order valence-corrected chi connectivity index (χ4v) is 3.12. The standard InChI is InChI=1S/C11H12F2O4.C11H12F2O3.C8H6F2O3.C4H10.CH4/c1-6(2)16-9-5-7(10(14)15)3-4-8(9)17-11(12)13;1-7(2)15-10-5-8(6-14)3-4-9(10)16-11(12)13;9-8(10)13-7-2-1-5(4-11)3-6(7)12;1-4(2)3;/h3-6,11H,1-2H3,(H,14,15);3-7,11H,1-2H3;1-4,8,12H;4H,1-3H3;1H4. The first-order valence-electron chi connectivity index (χ1n) is 14.7. The van der Waals surface area contributed by atoms with Gasteiger partial charge in [-0.3, -0.25) is 9.59 Å². The molecule has 0 aliphatic heterocycles. The second-order valence-electron chi connectivity index (χ2n) is 10.8. The van der Waals surface area contributed by atoms with Crippen LogP contribution in [0.5, 0.6) is 34.5 Å². The number of carbonyl (C=O) groups is 3. The Bertz CT molecular complexity index is 1460. The molecule has 0 heterocycles. The number of aldehydes is 2. The summed E-state index contributed by atoms with van der Waals surface area (Å²) in [6.07, 6.45) is 0.631. The lowest BCUT2D eigenvalue weighted by molar-refractivity contribution is -0.0524. The Morgan fingerprint density at radius 1 is 0.569 bits per heavy atom. The number of carboxylic acids is 1. The molecule has 0 aliphatic rings. The number of hydrogen-bond acceptors (Lipinski definition) is 9. The number of phenols is 1. The summed E-state index contributed by atoms with van der Waals surface area (Å²) >= 11 is 0. The van der Waals surface area contributed by atoms with Crippen LogP contribution >= 0.6 is 0 Å². The van der Waals surface area contributed by atoms with Gasteiger partial charge < -0.3 is 33.9 Å². The summed E-state index contributed by atoms with van der Waals surface area (Å²) < 4.78 is 94.6. The average Bonchev–Trinajstić information content (AvgIpc) is 2.99. The largest absolute Gasteiger partial charge is 0.504 e. The minimum Gasteiger partial charge on any atom is -0.504 e. The zero-order chi connectivity index (χ0) is 38.6. The maximum Gasteiger partial charge on any atom is 0.387 e. The van der Waals surface area contributed by atoms with Crippen LogP contribution in [0.3, 0.4) is 0 Å². The topological polar surface area (TPSA) is 138 Å². The van der Waals surface area contributed by atoms with E-state index in [1.54, 1.807) is 27.7 Å². The fraction of sp³-hybridized carbons (Fsp3) is 0.400. The molecule has 0 radical (unpaired) electrons. The van der Waals surface area contributed by atoms with Crippen molar-refractivity contribution in [2.24, 2.45) is 5.92 Å². The van der Waals surface area contributed by atoms with E-state index >= 15 is 0 Å². The molecular weight excluding hydrogens is 694 g/mol. The molecular formula is C35H44F6O10. The molecule has 0 fully saturated rings. The number of alkyl halides is 6. The van der Waals surface area contributed by atoms with E-state index in [0.29, 0.717) is 18.1 Å². The van der Waals surface area contributed by atoms with Crippen LogP contribution in [0, 0.1) is 5.92 Å². The number of carboxylic acid groups (broad SMARTS) is 1. The first kappa shape index (κ1) is 48.0. The van der Waals surface area contributed by atoms with Crippen LogP contribution in [0.25, 0.3) is 0 Å². The SMILES string of the molecule is C.CC(C)C.CC(C)Oc1cc(C(=O)O)ccc1OC(F)F.CC(C)Oc1cc(C=O)ccc1OC(F)F.O=Cc1ccc(OC(F)F)c(O)c1. The Labute approximate surface area is 292 Å². The highest BCUT2D eigenvalue weighted by molar-refractivity contribution is 5.88. The summed E-state index contributed by atoms with van der Waals surface area (Å²) in [4.78, 5) is 31.5. The van der Waals surface area contributed by atoms with E-state index in [9.17, 15) is 40.7 Å². The Hall–Kier alpha value is -5.15. The molecule has 3 rings (SSSR count). The smallest absolute Gasteiger partial charge is 0.387 e. The van der Waals surface area contributed by atoms with E-state index in [4.69, 9.17) is 19.7 Å². The van der Waals surface area contributed by atoms with Gasteiger partial charge in [-0.15, -0.1) is 0 Å². The van der Waals surface area contributed by atoms with Crippen molar-refractivity contribution in [2.45, 2.75) is 87.9 Å². The Kier molecular flexibility index (Phi) is 23.4. The van der Waals surface area contributed by atoms with Crippen LogP contribution in [0.4, 0.5) is 26.3 Å². The highest BCUT2D eigenvalue weighted by Gasteiger charge is 2.16. The van der Waals surface area contributed by atoms with Crippen molar-refractivity contribution in [3.8, 4) is 34.5 Å². The molecule has 3 aromatic rings. The van der Waals surface area contributed by atoms with Crippen molar-refractivity contribution < 1.29 is 74.6 Å². The molecule has 51 heavy (non-hydrogen) atoms. The van der Waals surface area contributed by atoms with Crippen LogP contribution in [-0.2, 0) is 0 Å². The van der Waals surface area contributed by atoms with E-state index in [0.717, 1.165) is 30.2 Å². The molecule has 0 bridgehead atoms. The van der Waals surface area contributed by atoms with Crippen LogP contribution in [0.2, 0.25) is 0 Å². The van der Waals surface area contributed by atoms with E-state index < -0.39 is 31.6 Å². The molecule has 286 valence electrons. The maximum atomic E-state index is 12.1. The normalized spacial score (nSPS) is 10.2. The number of rotatable bonds is 13. The fourth-order valence-electron chi connectivity index (χ4n) is 3.12. The van der Waals surface area contributed by atoms with Gasteiger partial charge in [-0.05, 0) is 88.2 Å². The van der Waals surface area contributed by atoms with Gasteiger partial charge in [0.2, 0.25) is 0 Å². The van der Waals surface area contributed by atoms with Gasteiger partial charge >= 0.3 is 25.8 Å². The molecule has 0 saturated carbocycles. The number of halogens is 6. The molecule has 2 N–H and O–H groups in total. The number of ether oxygens (including phenoxy) is 5. The van der Waals surface area contributed by atoms with Gasteiger partial charge in [-0.25, -0.2) is 4.79 Å².